The molecule has 29 heavy (non-hydrogen) atoms. The molecular weight excluding hydrogens is 376 g/mol. The van der Waals surface area contributed by atoms with E-state index in [9.17, 15) is 14.4 Å². The van der Waals surface area contributed by atoms with E-state index in [1.165, 1.54) is 0 Å². The van der Waals surface area contributed by atoms with Crippen LogP contribution in [-0.4, -0.2) is 71.3 Å². The second kappa shape index (κ2) is 9.00. The van der Waals surface area contributed by atoms with Crippen LogP contribution in [0.4, 0.5) is 0 Å². The van der Waals surface area contributed by atoms with Crippen molar-refractivity contribution in [2.75, 3.05) is 19.8 Å². The maximum atomic E-state index is 13.4. The van der Waals surface area contributed by atoms with Crippen molar-refractivity contribution >= 4 is 17.8 Å². The van der Waals surface area contributed by atoms with Crippen molar-refractivity contribution in [2.45, 2.75) is 83.1 Å². The lowest BCUT2D eigenvalue weighted by atomic mass is 9.70. The number of esters is 1. The number of rotatable bonds is 10. The van der Waals surface area contributed by atoms with E-state index < -0.39 is 29.4 Å². The summed E-state index contributed by atoms with van der Waals surface area (Å²) in [6.07, 6.45) is 4.11. The number of carbonyl (C=O) groups is 3. The minimum absolute atomic E-state index is 0.0566. The number of hydrogen-bond donors (Lipinski definition) is 2. The molecule has 164 valence electrons. The van der Waals surface area contributed by atoms with Crippen LogP contribution in [0.5, 0.6) is 0 Å². The van der Waals surface area contributed by atoms with E-state index in [4.69, 9.17) is 14.6 Å². The van der Waals surface area contributed by atoms with Gasteiger partial charge in [0.25, 0.3) is 0 Å². The normalized spacial score (nSPS) is 32.7. The Hall–Kier alpha value is -1.67. The number of hydrogen-bond acceptors (Lipinski definition) is 6. The fourth-order valence-electron chi connectivity index (χ4n) is 5.31. The number of aliphatic hydroxyl groups is 1. The van der Waals surface area contributed by atoms with Gasteiger partial charge in [-0.15, -0.1) is 0 Å². The lowest BCUT2D eigenvalue weighted by Crippen LogP contribution is -2.56. The Morgan fingerprint density at radius 3 is 2.69 bits per heavy atom. The van der Waals surface area contributed by atoms with Gasteiger partial charge < -0.3 is 24.8 Å². The van der Waals surface area contributed by atoms with E-state index in [2.05, 4.69) is 5.32 Å². The Labute approximate surface area is 172 Å². The number of amides is 2. The summed E-state index contributed by atoms with van der Waals surface area (Å²) in [6, 6.07) is -0.774. The van der Waals surface area contributed by atoms with Crippen molar-refractivity contribution in [1.29, 1.82) is 0 Å². The van der Waals surface area contributed by atoms with Gasteiger partial charge in [0.15, 0.2) is 0 Å². The highest BCUT2D eigenvalue weighted by Crippen LogP contribution is 2.58. The fourth-order valence-corrected chi connectivity index (χ4v) is 5.31. The highest BCUT2D eigenvalue weighted by molar-refractivity contribution is 5.98. The van der Waals surface area contributed by atoms with Gasteiger partial charge in [0.05, 0.1) is 24.5 Å². The molecule has 0 aliphatic carbocycles. The van der Waals surface area contributed by atoms with Crippen LogP contribution in [0.15, 0.2) is 0 Å². The van der Waals surface area contributed by atoms with Gasteiger partial charge >= 0.3 is 5.97 Å². The predicted molar refractivity (Wildman–Crippen MR) is 105 cm³/mol. The van der Waals surface area contributed by atoms with Gasteiger partial charge in [-0.25, -0.2) is 0 Å². The first-order valence-corrected chi connectivity index (χ1v) is 10.9. The van der Waals surface area contributed by atoms with Crippen LogP contribution >= 0.6 is 0 Å². The van der Waals surface area contributed by atoms with Gasteiger partial charge in [-0.05, 0) is 46.5 Å². The number of ether oxygens (including phenoxy) is 2. The first kappa shape index (κ1) is 22.0. The molecule has 8 nitrogen and oxygen atoms in total. The molecular formula is C21H34N2O6. The molecule has 0 aromatic rings. The lowest BCUT2D eigenvalue weighted by molar-refractivity contribution is -0.154. The molecule has 0 aromatic heterocycles. The Morgan fingerprint density at radius 2 is 2.03 bits per heavy atom. The number of likely N-dealkylation sites (tertiary alicyclic amines) is 1. The topological polar surface area (TPSA) is 105 Å². The summed E-state index contributed by atoms with van der Waals surface area (Å²) in [5, 5.41) is 11.9. The number of unbranched alkanes of at least 4 members (excludes halogenated alkanes) is 3. The second-order valence-electron chi connectivity index (χ2n) is 8.64. The molecule has 3 aliphatic rings. The van der Waals surface area contributed by atoms with Crippen molar-refractivity contribution in [3.63, 3.8) is 0 Å². The first-order valence-electron chi connectivity index (χ1n) is 10.9. The monoisotopic (exact) mass is 410 g/mol. The van der Waals surface area contributed by atoms with Crippen LogP contribution in [0, 0.1) is 11.8 Å². The van der Waals surface area contributed by atoms with Crippen LogP contribution in [0.1, 0.15) is 59.3 Å². The highest BCUT2D eigenvalue weighted by atomic mass is 16.6. The van der Waals surface area contributed by atoms with Crippen LogP contribution in [0.2, 0.25) is 0 Å². The van der Waals surface area contributed by atoms with Crippen molar-refractivity contribution in [2.24, 2.45) is 11.8 Å². The predicted octanol–water partition coefficient (Wildman–Crippen LogP) is 1.00. The number of nitrogens with one attached hydrogen (secondary N) is 1. The van der Waals surface area contributed by atoms with Gasteiger partial charge in [0, 0.05) is 19.2 Å². The SMILES string of the molecule is CCOC(=O)[C@@H]1[C@@H]2CC[C@]3(O2)[C@H](C(=O)NC(C)C)N(CCCCCCO)C(=O)[C@@H]13. The minimum Gasteiger partial charge on any atom is -0.466 e. The molecule has 1 spiro atoms. The zero-order chi connectivity index (χ0) is 21.2. The molecule has 0 unspecified atom stereocenters. The first-order chi connectivity index (χ1) is 13.9. The maximum absolute atomic E-state index is 13.4. The largest absolute Gasteiger partial charge is 0.466 e. The van der Waals surface area contributed by atoms with Gasteiger partial charge in [-0.2, -0.15) is 0 Å². The molecule has 3 heterocycles. The second-order valence-corrected chi connectivity index (χ2v) is 8.64. The Balaban J connectivity index is 1.85. The summed E-state index contributed by atoms with van der Waals surface area (Å²) >= 11 is 0. The summed E-state index contributed by atoms with van der Waals surface area (Å²) in [6.45, 7) is 6.37. The molecule has 2 amide bonds. The molecule has 0 aromatic carbocycles. The third-order valence-corrected chi connectivity index (χ3v) is 6.35. The molecule has 5 atom stereocenters. The Morgan fingerprint density at radius 1 is 1.31 bits per heavy atom. The molecule has 2 bridgehead atoms. The van der Waals surface area contributed by atoms with Crippen LogP contribution in [0.3, 0.4) is 0 Å². The molecule has 3 aliphatic heterocycles. The smallest absolute Gasteiger partial charge is 0.312 e. The third kappa shape index (κ3) is 3.89. The van der Waals surface area contributed by atoms with Crippen LogP contribution in [-0.2, 0) is 23.9 Å². The molecule has 8 heteroatoms. The van der Waals surface area contributed by atoms with E-state index in [0.717, 1.165) is 25.7 Å². The van der Waals surface area contributed by atoms with E-state index in [0.29, 0.717) is 19.4 Å². The number of nitrogens with zero attached hydrogens (tertiary/aromatic N) is 1. The standard InChI is InChI=1S/C21H34N2O6/c1-4-28-20(27)15-14-9-10-21(29-14)16(15)19(26)23(11-7-5-6-8-12-24)17(21)18(25)22-13(2)3/h13-17,24H,4-12H2,1-3H3,(H,22,25)/t14-,15+,16+,17-,21+/m0/s1. The molecule has 0 radical (unpaired) electrons. The van der Waals surface area contributed by atoms with E-state index in [-0.39, 0.29) is 37.2 Å². The Bertz CT molecular complexity index is 639. The summed E-state index contributed by atoms with van der Waals surface area (Å²) in [5.74, 6) is -2.07. The van der Waals surface area contributed by atoms with Crippen LogP contribution in [0.25, 0.3) is 0 Å². The summed E-state index contributed by atoms with van der Waals surface area (Å²) < 4.78 is 11.5. The van der Waals surface area contributed by atoms with Crippen molar-refractivity contribution in [3.8, 4) is 0 Å². The summed E-state index contributed by atoms with van der Waals surface area (Å²) in [7, 11) is 0. The highest BCUT2D eigenvalue weighted by Gasteiger charge is 2.74. The van der Waals surface area contributed by atoms with Crippen molar-refractivity contribution in [3.05, 3.63) is 0 Å². The van der Waals surface area contributed by atoms with Gasteiger partial charge in [-0.1, -0.05) is 12.8 Å². The summed E-state index contributed by atoms with van der Waals surface area (Å²) in [5.41, 5.74) is -0.941. The van der Waals surface area contributed by atoms with Crippen LogP contribution < -0.4 is 5.32 Å². The molecule has 3 rings (SSSR count). The van der Waals surface area contributed by atoms with Crippen molar-refractivity contribution in [1.82, 2.24) is 10.2 Å². The van der Waals surface area contributed by atoms with Gasteiger partial charge in [-0.3, -0.25) is 14.4 Å². The van der Waals surface area contributed by atoms with Gasteiger partial charge in [0.2, 0.25) is 11.8 Å². The van der Waals surface area contributed by atoms with E-state index >= 15 is 0 Å². The quantitative estimate of drug-likeness (QED) is 0.411. The molecule has 0 saturated carbocycles. The van der Waals surface area contributed by atoms with Gasteiger partial charge in [0.1, 0.15) is 11.6 Å². The third-order valence-electron chi connectivity index (χ3n) is 6.35. The lowest BCUT2D eigenvalue weighted by Gasteiger charge is -2.33. The molecule has 3 fully saturated rings. The van der Waals surface area contributed by atoms with E-state index in [1.807, 2.05) is 13.8 Å². The minimum atomic E-state index is -0.941. The number of fused-ring (bicyclic) bond motifs is 1. The Kier molecular flexibility index (Phi) is 6.83. The molecule has 2 N–H and O–H groups in total. The molecule has 3 saturated heterocycles. The van der Waals surface area contributed by atoms with E-state index in [1.54, 1.807) is 11.8 Å². The average molecular weight is 411 g/mol. The zero-order valence-electron chi connectivity index (χ0n) is 17.7. The number of aliphatic hydroxyl groups excluding tert-OH is 1. The fraction of sp³-hybridized carbons (Fsp3) is 0.857. The average Bonchev–Trinajstić information content (AvgIpc) is 3.29. The number of carbonyl (C=O) groups excluding carboxylic acids is 3. The maximum Gasteiger partial charge on any atom is 0.312 e. The summed E-state index contributed by atoms with van der Waals surface area (Å²) in [4.78, 5) is 40.8. The zero-order valence-corrected chi connectivity index (χ0v) is 17.7. The van der Waals surface area contributed by atoms with Crippen molar-refractivity contribution < 1.29 is 29.0 Å².